The third kappa shape index (κ3) is 2.79. The summed E-state index contributed by atoms with van der Waals surface area (Å²) in [6, 6.07) is 7.68. The van der Waals surface area contributed by atoms with Gasteiger partial charge in [-0.3, -0.25) is 15.4 Å². The monoisotopic (exact) mass is 272 g/mol. The van der Waals surface area contributed by atoms with Crippen LogP contribution in [0.3, 0.4) is 0 Å². The van der Waals surface area contributed by atoms with Crippen LogP contribution in [-0.2, 0) is 0 Å². The number of Topliss-reactive ketones (excluding diaryl/α,β-unsaturated/α-hetero) is 1. The van der Waals surface area contributed by atoms with Gasteiger partial charge in [0.25, 0.3) is 0 Å². The molecule has 0 aromatic heterocycles. The van der Waals surface area contributed by atoms with Crippen molar-refractivity contribution in [3.05, 3.63) is 35.9 Å². The first-order valence-corrected chi connectivity index (χ1v) is 6.02. The van der Waals surface area contributed by atoms with Crippen LogP contribution in [-0.4, -0.2) is 30.2 Å². The molecule has 1 aromatic rings. The number of nitrogens with one attached hydrogen (secondary N) is 2. The molecule has 2 unspecified atom stereocenters. The summed E-state index contributed by atoms with van der Waals surface area (Å²) in [7, 11) is 0. The van der Waals surface area contributed by atoms with Gasteiger partial charge in [0.05, 0.1) is 6.42 Å². The fraction of sp³-hybridized carbons (Fsp3) is 0.462. The maximum atomic E-state index is 13.2. The number of benzene rings is 1. The summed E-state index contributed by atoms with van der Waals surface area (Å²) in [5.74, 6) is -0.535. The van der Waals surface area contributed by atoms with Gasteiger partial charge >= 0.3 is 6.18 Å². The van der Waals surface area contributed by atoms with Crippen LogP contribution in [0.25, 0.3) is 0 Å². The summed E-state index contributed by atoms with van der Waals surface area (Å²) >= 11 is 0. The number of carbonyl (C=O) groups excluding carboxylic acids is 1. The van der Waals surface area contributed by atoms with E-state index in [1.165, 1.54) is 12.1 Å². The minimum absolute atomic E-state index is 0.182. The topological polar surface area (TPSA) is 41.1 Å². The predicted octanol–water partition coefficient (Wildman–Crippen LogP) is 2.10. The molecule has 19 heavy (non-hydrogen) atoms. The van der Waals surface area contributed by atoms with Crippen LogP contribution in [0.2, 0.25) is 0 Å². The molecule has 0 saturated carbocycles. The SMILES string of the molecule is CC1CNC(CC(=O)c2ccccc2)(C(F)(F)F)N1. The fourth-order valence-electron chi connectivity index (χ4n) is 2.21. The Bertz CT molecular complexity index is 461. The third-order valence-electron chi connectivity index (χ3n) is 3.21. The van der Waals surface area contributed by atoms with Gasteiger partial charge < -0.3 is 0 Å². The Morgan fingerprint density at radius 1 is 1.37 bits per heavy atom. The molecule has 0 aliphatic carbocycles. The molecule has 2 N–H and O–H groups in total. The molecule has 1 saturated heterocycles. The maximum absolute atomic E-state index is 13.2. The lowest BCUT2D eigenvalue weighted by molar-refractivity contribution is -0.198. The molecule has 6 heteroatoms. The van der Waals surface area contributed by atoms with Gasteiger partial charge in [-0.15, -0.1) is 0 Å². The van der Waals surface area contributed by atoms with Crippen molar-refractivity contribution in [2.45, 2.75) is 31.2 Å². The molecule has 0 spiro atoms. The predicted molar refractivity (Wildman–Crippen MR) is 64.8 cm³/mol. The zero-order valence-electron chi connectivity index (χ0n) is 10.4. The molecule has 0 amide bonds. The van der Waals surface area contributed by atoms with Crippen LogP contribution in [0, 0.1) is 0 Å². The summed E-state index contributed by atoms with van der Waals surface area (Å²) in [6.45, 7) is 1.83. The van der Waals surface area contributed by atoms with Crippen molar-refractivity contribution in [2.24, 2.45) is 0 Å². The van der Waals surface area contributed by atoms with Gasteiger partial charge in [-0.05, 0) is 6.92 Å². The van der Waals surface area contributed by atoms with Crippen molar-refractivity contribution in [1.82, 2.24) is 10.6 Å². The van der Waals surface area contributed by atoms with Gasteiger partial charge in [0.1, 0.15) is 0 Å². The molecule has 1 aliphatic rings. The minimum atomic E-state index is -4.53. The van der Waals surface area contributed by atoms with Gasteiger partial charge in [0, 0.05) is 18.2 Å². The van der Waals surface area contributed by atoms with Crippen molar-refractivity contribution in [1.29, 1.82) is 0 Å². The van der Waals surface area contributed by atoms with Gasteiger partial charge in [-0.25, -0.2) is 0 Å². The van der Waals surface area contributed by atoms with Gasteiger partial charge in [0.15, 0.2) is 11.4 Å². The highest BCUT2D eigenvalue weighted by Gasteiger charge is 2.58. The quantitative estimate of drug-likeness (QED) is 0.828. The lowest BCUT2D eigenvalue weighted by Gasteiger charge is -2.32. The summed E-state index contributed by atoms with van der Waals surface area (Å²) in [4.78, 5) is 12.0. The lowest BCUT2D eigenvalue weighted by Crippen LogP contribution is -2.62. The Morgan fingerprint density at radius 2 is 2.00 bits per heavy atom. The summed E-state index contributed by atoms with van der Waals surface area (Å²) in [5.41, 5.74) is -2.03. The molecular formula is C13H15F3N2O. The van der Waals surface area contributed by atoms with Crippen molar-refractivity contribution in [3.63, 3.8) is 0 Å². The third-order valence-corrected chi connectivity index (χ3v) is 3.21. The summed E-state index contributed by atoms with van der Waals surface area (Å²) in [6.07, 6.45) is -5.17. The number of ketones is 1. The Morgan fingerprint density at radius 3 is 2.47 bits per heavy atom. The highest BCUT2D eigenvalue weighted by atomic mass is 19.4. The largest absolute Gasteiger partial charge is 0.420 e. The second-order valence-electron chi connectivity index (χ2n) is 4.80. The Labute approximate surface area is 109 Å². The van der Waals surface area contributed by atoms with Crippen molar-refractivity contribution in [3.8, 4) is 0 Å². The maximum Gasteiger partial charge on any atom is 0.420 e. The molecule has 1 heterocycles. The summed E-state index contributed by atoms with van der Waals surface area (Å²) in [5, 5.41) is 4.85. The van der Waals surface area contributed by atoms with Crippen LogP contribution in [0.15, 0.2) is 30.3 Å². The van der Waals surface area contributed by atoms with Crippen molar-refractivity contribution >= 4 is 5.78 Å². The molecule has 2 rings (SSSR count). The number of alkyl halides is 3. The second kappa shape index (κ2) is 4.94. The average molecular weight is 272 g/mol. The Hall–Kier alpha value is -1.40. The van der Waals surface area contributed by atoms with Gasteiger partial charge in [-0.1, -0.05) is 30.3 Å². The number of halogens is 3. The van der Waals surface area contributed by atoms with E-state index in [2.05, 4.69) is 10.6 Å². The second-order valence-corrected chi connectivity index (χ2v) is 4.80. The van der Waals surface area contributed by atoms with Crippen LogP contribution in [0.1, 0.15) is 23.7 Å². The first-order valence-electron chi connectivity index (χ1n) is 6.02. The number of hydrogen-bond donors (Lipinski definition) is 2. The van der Waals surface area contributed by atoms with Gasteiger partial charge in [0.2, 0.25) is 0 Å². The smallest absolute Gasteiger partial charge is 0.294 e. The van der Waals surface area contributed by atoms with E-state index < -0.39 is 24.0 Å². The highest BCUT2D eigenvalue weighted by Crippen LogP contribution is 2.34. The number of carbonyl (C=O) groups is 1. The Balaban J connectivity index is 2.21. The number of rotatable bonds is 3. The van der Waals surface area contributed by atoms with E-state index in [4.69, 9.17) is 0 Å². The van der Waals surface area contributed by atoms with Gasteiger partial charge in [-0.2, -0.15) is 13.2 Å². The molecule has 0 bridgehead atoms. The fourth-order valence-corrected chi connectivity index (χ4v) is 2.21. The van der Waals surface area contributed by atoms with Crippen LogP contribution >= 0.6 is 0 Å². The molecular weight excluding hydrogens is 257 g/mol. The van der Waals surface area contributed by atoms with Crippen LogP contribution in [0.5, 0.6) is 0 Å². The molecule has 104 valence electrons. The minimum Gasteiger partial charge on any atom is -0.294 e. The van der Waals surface area contributed by atoms with E-state index in [1.54, 1.807) is 25.1 Å². The van der Waals surface area contributed by atoms with E-state index in [0.29, 0.717) is 0 Å². The zero-order chi connectivity index (χ0) is 14.1. The molecule has 2 atom stereocenters. The van der Waals surface area contributed by atoms with E-state index in [0.717, 1.165) is 0 Å². The molecule has 1 aliphatic heterocycles. The highest BCUT2D eigenvalue weighted by molar-refractivity contribution is 5.96. The van der Waals surface area contributed by atoms with Crippen molar-refractivity contribution in [2.75, 3.05) is 6.54 Å². The van der Waals surface area contributed by atoms with E-state index in [-0.39, 0.29) is 18.2 Å². The molecule has 0 radical (unpaired) electrons. The first-order chi connectivity index (χ1) is 8.84. The normalized spacial score (nSPS) is 27.5. The molecule has 3 nitrogen and oxygen atoms in total. The number of hydrogen-bond acceptors (Lipinski definition) is 3. The first kappa shape index (κ1) is 14.0. The van der Waals surface area contributed by atoms with E-state index in [9.17, 15) is 18.0 Å². The van der Waals surface area contributed by atoms with Crippen LogP contribution in [0.4, 0.5) is 13.2 Å². The van der Waals surface area contributed by atoms with E-state index in [1.807, 2.05) is 0 Å². The lowest BCUT2D eigenvalue weighted by atomic mass is 9.98. The van der Waals surface area contributed by atoms with Crippen LogP contribution < -0.4 is 10.6 Å². The zero-order valence-corrected chi connectivity index (χ0v) is 10.4. The molecule has 1 fully saturated rings. The van der Waals surface area contributed by atoms with E-state index >= 15 is 0 Å². The standard InChI is InChI=1S/C13H15F3N2O/c1-9-8-17-12(18-9,13(14,15)16)7-11(19)10-5-3-2-4-6-10/h2-6,9,17-18H,7-8H2,1H3. The Kier molecular flexibility index (Phi) is 3.64. The average Bonchev–Trinajstić information content (AvgIpc) is 2.72. The summed E-state index contributed by atoms with van der Waals surface area (Å²) < 4.78 is 39.6. The molecule has 1 aromatic carbocycles. The van der Waals surface area contributed by atoms with Crippen molar-refractivity contribution < 1.29 is 18.0 Å².